The van der Waals surface area contributed by atoms with E-state index in [0.717, 1.165) is 10.5 Å². The zero-order valence-corrected chi connectivity index (χ0v) is 17.5. The van der Waals surface area contributed by atoms with Gasteiger partial charge < -0.3 is 10.6 Å². The first-order valence-electron chi connectivity index (χ1n) is 8.60. The van der Waals surface area contributed by atoms with Crippen molar-refractivity contribution in [2.24, 2.45) is 0 Å². The summed E-state index contributed by atoms with van der Waals surface area (Å²) in [7, 11) is -3.65. The van der Waals surface area contributed by atoms with E-state index in [-0.39, 0.29) is 34.1 Å². The molecule has 0 bridgehead atoms. The fourth-order valence-corrected chi connectivity index (χ4v) is 4.94. The van der Waals surface area contributed by atoms with Crippen molar-refractivity contribution in [3.8, 4) is 0 Å². The number of hydrogen-bond acceptors (Lipinski definition) is 5. The molecule has 1 unspecified atom stereocenters. The first-order chi connectivity index (χ1) is 13.2. The van der Waals surface area contributed by atoms with E-state index in [9.17, 15) is 18.0 Å². The molecule has 2 aromatic carbocycles. The van der Waals surface area contributed by atoms with E-state index in [4.69, 9.17) is 11.6 Å². The topological polar surface area (TPSA) is 92.3 Å². The van der Waals surface area contributed by atoms with Gasteiger partial charge in [0.25, 0.3) is 0 Å². The van der Waals surface area contributed by atoms with Crippen LogP contribution < -0.4 is 10.6 Å². The Balaban J connectivity index is 1.59. The van der Waals surface area contributed by atoms with E-state index >= 15 is 0 Å². The highest BCUT2D eigenvalue weighted by Crippen LogP contribution is 2.36. The molecule has 0 radical (unpaired) electrons. The number of thioether (sulfide) groups is 1. The Bertz CT molecular complexity index is 1010. The number of amides is 2. The van der Waals surface area contributed by atoms with Gasteiger partial charge in [0.1, 0.15) is 0 Å². The highest BCUT2D eigenvalue weighted by molar-refractivity contribution is 8.01. The number of sulfone groups is 1. The quantitative estimate of drug-likeness (QED) is 0.722. The number of benzene rings is 2. The predicted molar refractivity (Wildman–Crippen MR) is 110 cm³/mol. The minimum absolute atomic E-state index is 0.0900. The van der Waals surface area contributed by atoms with Crippen LogP contribution in [0.25, 0.3) is 0 Å². The fourth-order valence-electron chi connectivity index (χ4n) is 2.62. The maximum absolute atomic E-state index is 12.6. The number of carbonyl (C=O) groups excluding carboxylic acids is 2. The average molecular weight is 439 g/mol. The zero-order valence-electron chi connectivity index (χ0n) is 15.1. The average Bonchev–Trinajstić information content (AvgIpc) is 2.66. The van der Waals surface area contributed by atoms with Crippen LogP contribution in [0.5, 0.6) is 0 Å². The van der Waals surface area contributed by atoms with Crippen LogP contribution in [-0.2, 0) is 26.0 Å². The monoisotopic (exact) mass is 438 g/mol. The molecule has 0 saturated heterocycles. The van der Waals surface area contributed by atoms with Crippen LogP contribution in [0.3, 0.4) is 0 Å². The van der Waals surface area contributed by atoms with Gasteiger partial charge in [-0.15, -0.1) is 11.8 Å². The van der Waals surface area contributed by atoms with Gasteiger partial charge in [0.05, 0.1) is 21.6 Å². The van der Waals surface area contributed by atoms with Gasteiger partial charge in [-0.2, -0.15) is 0 Å². The molecule has 2 aromatic rings. The molecular weight excluding hydrogens is 420 g/mol. The third-order valence-electron chi connectivity index (χ3n) is 4.24. The summed E-state index contributed by atoms with van der Waals surface area (Å²) in [5.41, 5.74) is 1.36. The fraction of sp³-hybridized carbons (Fsp3) is 0.263. The molecule has 6 nitrogen and oxygen atoms in total. The molecule has 2 amide bonds. The van der Waals surface area contributed by atoms with E-state index in [1.807, 2.05) is 0 Å². The minimum atomic E-state index is -3.65. The van der Waals surface area contributed by atoms with Crippen LogP contribution in [0.1, 0.15) is 18.9 Å². The Morgan fingerprint density at radius 2 is 1.93 bits per heavy atom. The number of fused-ring (bicyclic) bond motifs is 1. The normalized spacial score (nSPS) is 16.2. The van der Waals surface area contributed by atoms with Crippen LogP contribution in [0.15, 0.2) is 52.3 Å². The number of carbonyl (C=O) groups is 2. The molecule has 0 spiro atoms. The number of halogens is 1. The molecule has 9 heteroatoms. The van der Waals surface area contributed by atoms with Gasteiger partial charge >= 0.3 is 0 Å². The minimum Gasteiger partial charge on any atom is -0.352 e. The van der Waals surface area contributed by atoms with Crippen molar-refractivity contribution in [3.63, 3.8) is 0 Å². The van der Waals surface area contributed by atoms with Gasteiger partial charge in [-0.1, -0.05) is 23.7 Å². The molecule has 28 heavy (non-hydrogen) atoms. The van der Waals surface area contributed by atoms with Gasteiger partial charge in [-0.3, -0.25) is 9.59 Å². The first kappa shape index (κ1) is 20.7. The van der Waals surface area contributed by atoms with Crippen molar-refractivity contribution in [3.05, 3.63) is 53.1 Å². The Morgan fingerprint density at radius 1 is 1.21 bits per heavy atom. The summed E-state index contributed by atoms with van der Waals surface area (Å²) < 4.78 is 25.1. The standard InChI is InChI=1S/C19H19ClN2O4S2/c1-12-19(24)22-16-10-15(6-7-17(16)27-12)28(25,26)9-8-18(23)21-11-13-2-4-14(20)5-3-13/h2-7,10,12H,8-9,11H2,1H3,(H,21,23)(H,22,24). The van der Waals surface area contributed by atoms with E-state index in [1.165, 1.54) is 23.9 Å². The summed E-state index contributed by atoms with van der Waals surface area (Å²) >= 11 is 7.20. The summed E-state index contributed by atoms with van der Waals surface area (Å²) in [6.07, 6.45) is -0.148. The lowest BCUT2D eigenvalue weighted by atomic mass is 10.2. The largest absolute Gasteiger partial charge is 0.352 e. The van der Waals surface area contributed by atoms with E-state index < -0.39 is 9.84 Å². The van der Waals surface area contributed by atoms with E-state index in [1.54, 1.807) is 37.3 Å². The Hall–Kier alpha value is -2.03. The molecule has 0 aliphatic carbocycles. The maximum atomic E-state index is 12.6. The SMILES string of the molecule is CC1Sc2ccc(S(=O)(=O)CCC(=O)NCc3ccc(Cl)cc3)cc2NC1=O. The third kappa shape index (κ3) is 5.06. The Kier molecular flexibility index (Phi) is 6.32. The van der Waals surface area contributed by atoms with Crippen molar-refractivity contribution in [2.45, 2.75) is 34.9 Å². The molecule has 0 aromatic heterocycles. The molecule has 1 heterocycles. The van der Waals surface area contributed by atoms with Crippen LogP contribution in [0, 0.1) is 0 Å². The number of nitrogens with one attached hydrogen (secondary N) is 2. The zero-order chi connectivity index (χ0) is 20.3. The second-order valence-corrected chi connectivity index (χ2v) is 10.3. The smallest absolute Gasteiger partial charge is 0.237 e. The molecule has 1 atom stereocenters. The second-order valence-electron chi connectivity index (χ2n) is 6.38. The summed E-state index contributed by atoms with van der Waals surface area (Å²) in [6.45, 7) is 2.09. The highest BCUT2D eigenvalue weighted by atomic mass is 35.5. The Morgan fingerprint density at radius 3 is 2.64 bits per heavy atom. The molecule has 2 N–H and O–H groups in total. The van der Waals surface area contributed by atoms with Crippen LogP contribution >= 0.6 is 23.4 Å². The van der Waals surface area contributed by atoms with Gasteiger partial charge in [0.2, 0.25) is 11.8 Å². The number of anilines is 1. The summed E-state index contributed by atoms with van der Waals surface area (Å²) in [5, 5.41) is 5.80. The van der Waals surface area contributed by atoms with Crippen LogP contribution in [-0.4, -0.2) is 31.2 Å². The molecule has 0 saturated carbocycles. The highest BCUT2D eigenvalue weighted by Gasteiger charge is 2.25. The number of hydrogen-bond donors (Lipinski definition) is 2. The van der Waals surface area contributed by atoms with E-state index in [0.29, 0.717) is 17.3 Å². The van der Waals surface area contributed by atoms with Crippen molar-refractivity contribution in [1.29, 1.82) is 0 Å². The maximum Gasteiger partial charge on any atom is 0.237 e. The first-order valence-corrected chi connectivity index (χ1v) is 11.5. The Labute approximate surface area is 173 Å². The molecule has 3 rings (SSSR count). The molecule has 0 fully saturated rings. The lowest BCUT2D eigenvalue weighted by Gasteiger charge is -2.21. The van der Waals surface area contributed by atoms with Crippen LogP contribution in [0.4, 0.5) is 5.69 Å². The van der Waals surface area contributed by atoms with Crippen molar-refractivity contribution >= 4 is 50.7 Å². The van der Waals surface area contributed by atoms with E-state index in [2.05, 4.69) is 10.6 Å². The van der Waals surface area contributed by atoms with Gasteiger partial charge in [0.15, 0.2) is 9.84 Å². The summed E-state index contributed by atoms with van der Waals surface area (Å²) in [4.78, 5) is 24.7. The molecule has 1 aliphatic rings. The lowest BCUT2D eigenvalue weighted by molar-refractivity contribution is -0.121. The van der Waals surface area contributed by atoms with Crippen molar-refractivity contribution in [1.82, 2.24) is 5.32 Å². The van der Waals surface area contributed by atoms with Crippen LogP contribution in [0.2, 0.25) is 5.02 Å². The van der Waals surface area contributed by atoms with Crippen molar-refractivity contribution < 1.29 is 18.0 Å². The summed E-state index contributed by atoms with van der Waals surface area (Å²) in [5.74, 6) is -0.821. The van der Waals surface area contributed by atoms with Gasteiger partial charge in [-0.05, 0) is 42.8 Å². The number of rotatable bonds is 6. The van der Waals surface area contributed by atoms with Crippen molar-refractivity contribution in [2.75, 3.05) is 11.1 Å². The van der Waals surface area contributed by atoms with Gasteiger partial charge in [-0.25, -0.2) is 8.42 Å². The second kappa shape index (κ2) is 8.55. The molecular formula is C19H19ClN2O4S2. The third-order valence-corrected chi connectivity index (χ3v) is 7.39. The predicted octanol–water partition coefficient (Wildman–Crippen LogP) is 3.25. The molecule has 148 valence electrons. The summed E-state index contributed by atoms with van der Waals surface area (Å²) in [6, 6.07) is 11.7. The van der Waals surface area contributed by atoms with Gasteiger partial charge in [0, 0.05) is 22.9 Å². The lowest BCUT2D eigenvalue weighted by Crippen LogP contribution is -2.27. The molecule has 1 aliphatic heterocycles.